The molecule has 4 nitrogen and oxygen atoms in total. The van der Waals surface area contributed by atoms with Crippen molar-refractivity contribution >= 4 is 11.8 Å². The molecule has 0 bridgehead atoms. The number of aromatic amines is 1. The fourth-order valence-electron chi connectivity index (χ4n) is 2.70. The van der Waals surface area contributed by atoms with E-state index in [-0.39, 0.29) is 11.4 Å². The lowest BCUT2D eigenvalue weighted by molar-refractivity contribution is 0.0698. The Morgan fingerprint density at radius 2 is 1.89 bits per heavy atom. The Morgan fingerprint density at radius 3 is 2.58 bits per heavy atom. The number of anilines is 1. The first kappa shape index (κ1) is 11.8. The zero-order valence-corrected chi connectivity index (χ0v) is 10.6. The van der Waals surface area contributed by atoms with E-state index in [1.807, 2.05) is 6.07 Å². The van der Waals surface area contributed by atoms with Crippen molar-refractivity contribution in [2.45, 2.75) is 25.7 Å². The van der Waals surface area contributed by atoms with Crippen LogP contribution < -0.4 is 5.73 Å². The summed E-state index contributed by atoms with van der Waals surface area (Å²) >= 11 is 0. The molecule has 4 N–H and O–H groups in total. The average Bonchev–Trinajstić information content (AvgIpc) is 2.80. The number of carboxylic acids is 1. The number of fused-ring (bicyclic) bond motifs is 1. The SMILES string of the molecule is Nc1[nH]c(-c2ccc3c(c2)CCCC3)cc1C(=O)O. The van der Waals surface area contributed by atoms with Crippen molar-refractivity contribution in [3.05, 3.63) is 41.0 Å². The summed E-state index contributed by atoms with van der Waals surface area (Å²) < 4.78 is 0. The molecule has 19 heavy (non-hydrogen) atoms. The number of benzene rings is 1. The Labute approximate surface area is 111 Å². The van der Waals surface area contributed by atoms with Crippen LogP contribution in [0.2, 0.25) is 0 Å². The maximum atomic E-state index is 11.0. The first-order valence-corrected chi connectivity index (χ1v) is 6.49. The molecule has 1 aromatic carbocycles. The lowest BCUT2D eigenvalue weighted by Gasteiger charge is -2.16. The van der Waals surface area contributed by atoms with Crippen LogP contribution >= 0.6 is 0 Å². The van der Waals surface area contributed by atoms with Crippen LogP contribution in [0.3, 0.4) is 0 Å². The molecule has 1 aliphatic carbocycles. The van der Waals surface area contributed by atoms with E-state index in [1.54, 1.807) is 6.07 Å². The van der Waals surface area contributed by atoms with Crippen LogP contribution in [0.5, 0.6) is 0 Å². The van der Waals surface area contributed by atoms with Crippen molar-refractivity contribution in [3.8, 4) is 11.3 Å². The molecule has 98 valence electrons. The molecular formula is C15H16N2O2. The van der Waals surface area contributed by atoms with Gasteiger partial charge in [0.25, 0.3) is 0 Å². The van der Waals surface area contributed by atoms with Crippen molar-refractivity contribution in [2.75, 3.05) is 5.73 Å². The fourth-order valence-corrected chi connectivity index (χ4v) is 2.70. The van der Waals surface area contributed by atoms with Crippen LogP contribution in [0.15, 0.2) is 24.3 Å². The topological polar surface area (TPSA) is 79.1 Å². The summed E-state index contributed by atoms with van der Waals surface area (Å²) in [6.45, 7) is 0. The predicted molar refractivity (Wildman–Crippen MR) is 74.2 cm³/mol. The molecular weight excluding hydrogens is 240 g/mol. The summed E-state index contributed by atoms with van der Waals surface area (Å²) in [7, 11) is 0. The summed E-state index contributed by atoms with van der Waals surface area (Å²) in [5.74, 6) is -0.793. The van der Waals surface area contributed by atoms with Gasteiger partial charge in [-0.05, 0) is 54.5 Å². The van der Waals surface area contributed by atoms with Gasteiger partial charge >= 0.3 is 5.97 Å². The monoisotopic (exact) mass is 256 g/mol. The summed E-state index contributed by atoms with van der Waals surface area (Å²) in [6, 6.07) is 7.91. The predicted octanol–water partition coefficient (Wildman–Crippen LogP) is 2.84. The molecule has 4 heteroatoms. The van der Waals surface area contributed by atoms with Crippen LogP contribution in [-0.2, 0) is 12.8 Å². The lowest BCUT2D eigenvalue weighted by atomic mass is 9.90. The minimum absolute atomic E-state index is 0.132. The summed E-state index contributed by atoms with van der Waals surface area (Å²) in [6.07, 6.45) is 4.72. The second kappa shape index (κ2) is 4.46. The van der Waals surface area contributed by atoms with Crippen LogP contribution in [0, 0.1) is 0 Å². The van der Waals surface area contributed by atoms with Gasteiger partial charge in [0.2, 0.25) is 0 Å². The third-order valence-corrected chi connectivity index (χ3v) is 3.74. The number of hydrogen-bond donors (Lipinski definition) is 3. The van der Waals surface area contributed by atoms with E-state index >= 15 is 0 Å². The largest absolute Gasteiger partial charge is 0.478 e. The number of nitrogens with two attached hydrogens (primary N) is 1. The first-order chi connectivity index (χ1) is 9.15. The third kappa shape index (κ3) is 2.10. The van der Waals surface area contributed by atoms with Gasteiger partial charge in [0.15, 0.2) is 0 Å². The molecule has 1 heterocycles. The molecule has 0 amide bonds. The molecule has 2 aromatic rings. The van der Waals surface area contributed by atoms with E-state index in [9.17, 15) is 4.79 Å². The molecule has 0 aliphatic heterocycles. The van der Waals surface area contributed by atoms with Gasteiger partial charge in [-0.1, -0.05) is 12.1 Å². The smallest absolute Gasteiger partial charge is 0.339 e. The molecule has 0 saturated carbocycles. The van der Waals surface area contributed by atoms with E-state index in [2.05, 4.69) is 17.1 Å². The Kier molecular flexibility index (Phi) is 2.78. The molecule has 0 unspecified atom stereocenters. The number of H-pyrrole nitrogens is 1. The zero-order valence-electron chi connectivity index (χ0n) is 10.6. The highest BCUT2D eigenvalue weighted by molar-refractivity contribution is 5.94. The summed E-state index contributed by atoms with van der Waals surface area (Å²) in [5, 5.41) is 9.02. The first-order valence-electron chi connectivity index (χ1n) is 6.49. The van der Waals surface area contributed by atoms with Gasteiger partial charge in [0.05, 0.1) is 0 Å². The number of hydrogen-bond acceptors (Lipinski definition) is 2. The van der Waals surface area contributed by atoms with Crippen molar-refractivity contribution in [1.29, 1.82) is 0 Å². The molecule has 3 rings (SSSR count). The molecule has 0 saturated heterocycles. The van der Waals surface area contributed by atoms with Gasteiger partial charge in [-0.2, -0.15) is 0 Å². The Morgan fingerprint density at radius 1 is 1.16 bits per heavy atom. The molecule has 0 spiro atoms. The highest BCUT2D eigenvalue weighted by Crippen LogP contribution is 2.28. The molecule has 0 radical (unpaired) electrons. The number of carbonyl (C=O) groups is 1. The van der Waals surface area contributed by atoms with Crippen molar-refractivity contribution in [3.63, 3.8) is 0 Å². The Bertz CT molecular complexity index is 644. The number of carboxylic acid groups (broad SMARTS) is 1. The number of nitrogens with one attached hydrogen (secondary N) is 1. The number of aryl methyl sites for hydroxylation is 2. The second-order valence-electron chi connectivity index (χ2n) is 5.01. The number of aromatic carboxylic acids is 1. The van der Waals surface area contributed by atoms with Gasteiger partial charge < -0.3 is 15.8 Å². The van der Waals surface area contributed by atoms with Crippen molar-refractivity contribution in [2.24, 2.45) is 0 Å². The fraction of sp³-hybridized carbons (Fsp3) is 0.267. The number of rotatable bonds is 2. The van der Waals surface area contributed by atoms with Crippen LogP contribution in [0.4, 0.5) is 5.82 Å². The van der Waals surface area contributed by atoms with E-state index in [1.165, 1.54) is 24.0 Å². The van der Waals surface area contributed by atoms with E-state index in [4.69, 9.17) is 10.8 Å². The standard InChI is InChI=1S/C15H16N2O2/c16-14-12(15(18)19)8-13(17-14)11-6-5-9-3-1-2-4-10(9)7-11/h5-8,17H,1-4,16H2,(H,18,19). The highest BCUT2D eigenvalue weighted by Gasteiger charge is 2.15. The minimum atomic E-state index is -1.00. The van der Waals surface area contributed by atoms with E-state index in [0.717, 1.165) is 24.1 Å². The lowest BCUT2D eigenvalue weighted by Crippen LogP contribution is -2.02. The second-order valence-corrected chi connectivity index (χ2v) is 5.01. The normalized spacial score (nSPS) is 14.1. The third-order valence-electron chi connectivity index (χ3n) is 3.74. The maximum Gasteiger partial charge on any atom is 0.339 e. The van der Waals surface area contributed by atoms with E-state index < -0.39 is 5.97 Å². The molecule has 1 aliphatic rings. The average molecular weight is 256 g/mol. The van der Waals surface area contributed by atoms with Crippen molar-refractivity contribution in [1.82, 2.24) is 4.98 Å². The van der Waals surface area contributed by atoms with Crippen molar-refractivity contribution < 1.29 is 9.90 Å². The van der Waals surface area contributed by atoms with Crippen LogP contribution in [0.25, 0.3) is 11.3 Å². The van der Waals surface area contributed by atoms with Gasteiger partial charge in [-0.25, -0.2) is 4.79 Å². The van der Waals surface area contributed by atoms with Crippen LogP contribution in [0.1, 0.15) is 34.3 Å². The van der Waals surface area contributed by atoms with E-state index in [0.29, 0.717) is 0 Å². The number of aromatic nitrogens is 1. The van der Waals surface area contributed by atoms with Gasteiger partial charge in [0.1, 0.15) is 11.4 Å². The quantitative estimate of drug-likeness (QED) is 0.773. The van der Waals surface area contributed by atoms with Crippen LogP contribution in [-0.4, -0.2) is 16.1 Å². The van der Waals surface area contributed by atoms with Gasteiger partial charge in [-0.3, -0.25) is 0 Å². The summed E-state index contributed by atoms with van der Waals surface area (Å²) in [4.78, 5) is 13.9. The maximum absolute atomic E-state index is 11.0. The zero-order chi connectivity index (χ0) is 13.4. The summed E-state index contributed by atoms with van der Waals surface area (Å²) in [5.41, 5.74) is 10.4. The Hall–Kier alpha value is -2.23. The molecule has 1 aromatic heterocycles. The van der Waals surface area contributed by atoms with Gasteiger partial charge in [0, 0.05) is 5.69 Å². The van der Waals surface area contributed by atoms with Gasteiger partial charge in [-0.15, -0.1) is 0 Å². The molecule has 0 fully saturated rings. The Balaban J connectivity index is 2.02. The molecule has 0 atom stereocenters. The number of nitrogen functional groups attached to an aromatic ring is 1. The minimum Gasteiger partial charge on any atom is -0.478 e. The highest BCUT2D eigenvalue weighted by atomic mass is 16.4.